The second kappa shape index (κ2) is 8.85. The van der Waals surface area contributed by atoms with Gasteiger partial charge in [-0.1, -0.05) is 0 Å². The number of hydrogen-bond donors (Lipinski definition) is 1. The number of thiophene rings is 1. The number of hydrogen-bond acceptors (Lipinski definition) is 3. The smallest absolute Gasteiger partial charge is 0.254 e. The maximum Gasteiger partial charge on any atom is 0.254 e. The average Bonchev–Trinajstić information content (AvgIpc) is 3.07. The van der Waals surface area contributed by atoms with Gasteiger partial charge in [-0.2, -0.15) is 0 Å². The monoisotopic (exact) mass is 446 g/mol. The minimum atomic E-state index is -0.189. The fourth-order valence-corrected chi connectivity index (χ4v) is 4.58. The second-order valence-corrected chi connectivity index (χ2v) is 9.33. The Kier molecular flexibility index (Phi) is 6.50. The maximum absolute atomic E-state index is 12.8. The molecule has 6 heteroatoms. The van der Waals surface area contributed by atoms with Crippen molar-refractivity contribution in [2.24, 2.45) is 0 Å². The summed E-state index contributed by atoms with van der Waals surface area (Å²) in [6.07, 6.45) is 6.62. The summed E-state index contributed by atoms with van der Waals surface area (Å²) in [5, 5.41) is 2.88. The highest BCUT2D eigenvalue weighted by Crippen LogP contribution is 2.24. The molecule has 0 radical (unpaired) electrons. The molecule has 1 atom stereocenters. The van der Waals surface area contributed by atoms with Crippen LogP contribution in [0.4, 0.5) is 5.69 Å². The standard InChI is InChI=1S/C21H23BrN2O2S/c1-14-13-16(21(26)24-12-4-3-5-15(24)2)6-9-18(14)23-20(25)11-8-17-7-10-19(22)27-17/h6-11,13,15H,3-5,12H2,1-2H3,(H,23,25)/b11-8+. The Morgan fingerprint density at radius 2 is 2.07 bits per heavy atom. The Morgan fingerprint density at radius 1 is 1.26 bits per heavy atom. The van der Waals surface area contributed by atoms with E-state index in [0.29, 0.717) is 5.56 Å². The molecule has 1 unspecified atom stereocenters. The van der Waals surface area contributed by atoms with Crippen LogP contribution in [0, 0.1) is 6.92 Å². The molecule has 1 aromatic carbocycles. The van der Waals surface area contributed by atoms with Crippen LogP contribution in [0.15, 0.2) is 40.2 Å². The van der Waals surface area contributed by atoms with Crippen molar-refractivity contribution < 1.29 is 9.59 Å². The Hall–Kier alpha value is -1.92. The zero-order valence-corrected chi connectivity index (χ0v) is 17.9. The Morgan fingerprint density at radius 3 is 2.74 bits per heavy atom. The largest absolute Gasteiger partial charge is 0.336 e. The molecular formula is C21H23BrN2O2S. The lowest BCUT2D eigenvalue weighted by Crippen LogP contribution is -2.42. The van der Waals surface area contributed by atoms with Crippen molar-refractivity contribution in [1.29, 1.82) is 0 Å². The highest BCUT2D eigenvalue weighted by atomic mass is 79.9. The highest BCUT2D eigenvalue weighted by molar-refractivity contribution is 9.11. The van der Waals surface area contributed by atoms with E-state index < -0.39 is 0 Å². The molecule has 1 saturated heterocycles. The third kappa shape index (κ3) is 5.08. The number of aryl methyl sites for hydroxylation is 1. The van der Waals surface area contributed by atoms with Crippen LogP contribution in [0.3, 0.4) is 0 Å². The number of halogens is 1. The molecule has 3 rings (SSSR count). The summed E-state index contributed by atoms with van der Waals surface area (Å²) in [4.78, 5) is 27.9. The summed E-state index contributed by atoms with van der Waals surface area (Å²) in [7, 11) is 0. The van der Waals surface area contributed by atoms with Crippen molar-refractivity contribution in [2.75, 3.05) is 11.9 Å². The number of piperidine rings is 1. The minimum absolute atomic E-state index is 0.0753. The highest BCUT2D eigenvalue weighted by Gasteiger charge is 2.24. The van der Waals surface area contributed by atoms with E-state index in [1.807, 2.05) is 36.1 Å². The van der Waals surface area contributed by atoms with Crippen molar-refractivity contribution in [3.05, 3.63) is 56.2 Å². The first-order valence-corrected chi connectivity index (χ1v) is 10.7. The first-order valence-electron chi connectivity index (χ1n) is 9.10. The third-order valence-corrected chi connectivity index (χ3v) is 6.38. The van der Waals surface area contributed by atoms with Gasteiger partial charge in [-0.3, -0.25) is 9.59 Å². The first kappa shape index (κ1) is 19.8. The number of rotatable bonds is 4. The number of nitrogens with zero attached hydrogens (tertiary/aromatic N) is 1. The van der Waals surface area contributed by atoms with Gasteiger partial charge in [0.2, 0.25) is 5.91 Å². The fraction of sp³-hybridized carbons (Fsp3) is 0.333. The fourth-order valence-electron chi connectivity index (χ4n) is 3.25. The molecule has 0 spiro atoms. The van der Waals surface area contributed by atoms with Gasteiger partial charge in [0, 0.05) is 34.8 Å². The Bertz CT molecular complexity index is 875. The van der Waals surface area contributed by atoms with Gasteiger partial charge in [-0.25, -0.2) is 0 Å². The van der Waals surface area contributed by atoms with Crippen LogP contribution < -0.4 is 5.32 Å². The SMILES string of the molecule is Cc1cc(C(=O)N2CCCCC2C)ccc1NC(=O)/C=C/c1ccc(Br)s1. The van der Waals surface area contributed by atoms with Gasteiger partial charge in [0.1, 0.15) is 0 Å². The number of carbonyl (C=O) groups is 2. The number of carbonyl (C=O) groups excluding carboxylic acids is 2. The topological polar surface area (TPSA) is 49.4 Å². The van der Waals surface area contributed by atoms with Crippen LogP contribution in [-0.4, -0.2) is 29.3 Å². The second-order valence-electron chi connectivity index (χ2n) is 6.84. The van der Waals surface area contributed by atoms with Crippen LogP contribution in [0.2, 0.25) is 0 Å². The van der Waals surface area contributed by atoms with Gasteiger partial charge in [-0.05, 0) is 91.0 Å². The van der Waals surface area contributed by atoms with Crippen LogP contribution in [0.5, 0.6) is 0 Å². The van der Waals surface area contributed by atoms with Crippen LogP contribution in [0.1, 0.15) is 47.0 Å². The molecule has 1 aromatic heterocycles. The van der Waals surface area contributed by atoms with Crippen LogP contribution >= 0.6 is 27.3 Å². The van der Waals surface area contributed by atoms with E-state index in [9.17, 15) is 9.59 Å². The van der Waals surface area contributed by atoms with Gasteiger partial charge in [-0.15, -0.1) is 11.3 Å². The van der Waals surface area contributed by atoms with E-state index in [0.717, 1.165) is 39.3 Å². The zero-order chi connectivity index (χ0) is 19.4. The normalized spacial score (nSPS) is 17.3. The minimum Gasteiger partial charge on any atom is -0.336 e. The Balaban J connectivity index is 1.66. The molecule has 0 bridgehead atoms. The molecule has 0 aliphatic carbocycles. The number of benzene rings is 1. The number of anilines is 1. The molecule has 0 saturated carbocycles. The van der Waals surface area contributed by atoms with E-state index >= 15 is 0 Å². The molecule has 2 aromatic rings. The summed E-state index contributed by atoms with van der Waals surface area (Å²) in [5.74, 6) is -0.113. The van der Waals surface area contributed by atoms with E-state index in [2.05, 4.69) is 28.2 Å². The number of nitrogens with one attached hydrogen (secondary N) is 1. The lowest BCUT2D eigenvalue weighted by molar-refractivity contribution is -0.111. The van der Waals surface area contributed by atoms with Gasteiger partial charge < -0.3 is 10.2 Å². The number of likely N-dealkylation sites (tertiary alicyclic amines) is 1. The maximum atomic E-state index is 12.8. The summed E-state index contributed by atoms with van der Waals surface area (Å²) < 4.78 is 1.03. The van der Waals surface area contributed by atoms with Crippen LogP contribution in [0.25, 0.3) is 6.08 Å². The summed E-state index contributed by atoms with van der Waals surface area (Å²) in [6.45, 7) is 4.84. The Labute approximate surface area is 172 Å². The number of amides is 2. The van der Waals surface area contributed by atoms with E-state index in [1.165, 1.54) is 12.5 Å². The molecule has 27 heavy (non-hydrogen) atoms. The lowest BCUT2D eigenvalue weighted by Gasteiger charge is -2.33. The van der Waals surface area contributed by atoms with Gasteiger partial charge in [0.05, 0.1) is 3.79 Å². The van der Waals surface area contributed by atoms with Crippen molar-refractivity contribution in [3.8, 4) is 0 Å². The van der Waals surface area contributed by atoms with Crippen LogP contribution in [-0.2, 0) is 4.79 Å². The van der Waals surface area contributed by atoms with Gasteiger partial charge in [0.25, 0.3) is 5.91 Å². The molecule has 142 valence electrons. The first-order chi connectivity index (χ1) is 12.9. The predicted octanol–water partition coefficient (Wildman–Crippen LogP) is 5.49. The van der Waals surface area contributed by atoms with Crippen molar-refractivity contribution in [3.63, 3.8) is 0 Å². The molecule has 1 aliphatic rings. The molecule has 2 heterocycles. The van der Waals surface area contributed by atoms with Crippen molar-refractivity contribution >= 4 is 50.8 Å². The summed E-state index contributed by atoms with van der Waals surface area (Å²) >= 11 is 4.97. The third-order valence-electron chi connectivity index (χ3n) is 4.79. The van der Waals surface area contributed by atoms with Crippen molar-refractivity contribution in [1.82, 2.24) is 4.90 Å². The average molecular weight is 447 g/mol. The lowest BCUT2D eigenvalue weighted by atomic mass is 10.0. The van der Waals surface area contributed by atoms with E-state index in [-0.39, 0.29) is 17.9 Å². The molecule has 1 fully saturated rings. The quantitative estimate of drug-likeness (QED) is 0.631. The molecule has 4 nitrogen and oxygen atoms in total. The van der Waals surface area contributed by atoms with Gasteiger partial charge >= 0.3 is 0 Å². The molecule has 1 aliphatic heterocycles. The molecular weight excluding hydrogens is 424 g/mol. The molecule has 1 N–H and O–H groups in total. The summed E-state index contributed by atoms with van der Waals surface area (Å²) in [6, 6.07) is 9.65. The van der Waals surface area contributed by atoms with E-state index in [1.54, 1.807) is 23.5 Å². The molecule has 2 amide bonds. The zero-order valence-electron chi connectivity index (χ0n) is 15.5. The van der Waals surface area contributed by atoms with E-state index in [4.69, 9.17) is 0 Å². The summed E-state index contributed by atoms with van der Waals surface area (Å²) in [5.41, 5.74) is 2.28. The predicted molar refractivity (Wildman–Crippen MR) is 115 cm³/mol. The van der Waals surface area contributed by atoms with Gasteiger partial charge in [0.15, 0.2) is 0 Å². The van der Waals surface area contributed by atoms with Crippen molar-refractivity contribution in [2.45, 2.75) is 39.2 Å².